The molecule has 0 aliphatic heterocycles. The molecule has 0 bridgehead atoms. The lowest BCUT2D eigenvalue weighted by Gasteiger charge is -2.46. The van der Waals surface area contributed by atoms with Crippen molar-refractivity contribution in [1.29, 1.82) is 0 Å². The fraction of sp³-hybridized carbons (Fsp3) is 0.812. The van der Waals surface area contributed by atoms with Gasteiger partial charge in [-0.2, -0.15) is 0 Å². The average Bonchev–Trinajstić information content (AvgIpc) is 2.74. The maximum atomic E-state index is 6.86. The van der Waals surface area contributed by atoms with Gasteiger partial charge in [0.2, 0.25) is 0 Å². The molecular formula is C16H29N3. The second kappa shape index (κ2) is 5.66. The Balaban J connectivity index is 2.22. The lowest BCUT2D eigenvalue weighted by molar-refractivity contribution is 0.107. The minimum Gasteiger partial charge on any atom is -0.335 e. The third-order valence-electron chi connectivity index (χ3n) is 4.87. The molecule has 0 amide bonds. The summed E-state index contributed by atoms with van der Waals surface area (Å²) in [5, 5.41) is 0. The Morgan fingerprint density at radius 3 is 2.84 bits per heavy atom. The van der Waals surface area contributed by atoms with Crippen LogP contribution >= 0.6 is 0 Å². The van der Waals surface area contributed by atoms with Gasteiger partial charge in [-0.05, 0) is 37.5 Å². The number of hydrogen-bond donors (Lipinski definition) is 1. The molecule has 1 fully saturated rings. The first-order chi connectivity index (χ1) is 8.96. The first kappa shape index (κ1) is 14.6. The summed E-state index contributed by atoms with van der Waals surface area (Å²) >= 11 is 0. The maximum Gasteiger partial charge on any atom is 0.110 e. The molecule has 19 heavy (non-hydrogen) atoms. The van der Waals surface area contributed by atoms with Crippen molar-refractivity contribution >= 4 is 0 Å². The molecule has 0 aromatic carbocycles. The number of nitrogens with two attached hydrogens (primary N) is 1. The number of rotatable bonds is 4. The molecule has 1 aromatic rings. The van der Waals surface area contributed by atoms with Crippen molar-refractivity contribution in [3.63, 3.8) is 0 Å². The summed E-state index contributed by atoms with van der Waals surface area (Å²) in [6.07, 6.45) is 8.60. The van der Waals surface area contributed by atoms with Gasteiger partial charge in [0, 0.05) is 30.9 Å². The summed E-state index contributed by atoms with van der Waals surface area (Å²) in [5.74, 6) is 3.17. The third-order valence-corrected chi connectivity index (χ3v) is 4.87. The van der Waals surface area contributed by atoms with Crippen molar-refractivity contribution in [2.24, 2.45) is 23.5 Å². The zero-order chi connectivity index (χ0) is 14.0. The quantitative estimate of drug-likeness (QED) is 0.906. The Hall–Kier alpha value is -0.830. The molecule has 3 nitrogen and oxygen atoms in total. The van der Waals surface area contributed by atoms with Gasteiger partial charge in [-0.1, -0.05) is 27.2 Å². The highest BCUT2D eigenvalue weighted by Crippen LogP contribution is 2.41. The lowest BCUT2D eigenvalue weighted by Crippen LogP contribution is -2.54. The van der Waals surface area contributed by atoms with Crippen LogP contribution in [0.2, 0.25) is 0 Å². The average molecular weight is 263 g/mol. The number of hydrogen-bond acceptors (Lipinski definition) is 2. The van der Waals surface area contributed by atoms with Crippen LogP contribution in [0.1, 0.15) is 52.8 Å². The second-order valence-corrected chi connectivity index (χ2v) is 6.78. The molecule has 1 aliphatic carbocycles. The molecular weight excluding hydrogens is 234 g/mol. The summed E-state index contributed by atoms with van der Waals surface area (Å²) < 4.78 is 2.23. The SMILES string of the molecule is CCn1ccnc1CC1(N)CC(C)CCC1C(C)C. The van der Waals surface area contributed by atoms with Crippen LogP contribution in [0.25, 0.3) is 0 Å². The maximum absolute atomic E-state index is 6.86. The van der Waals surface area contributed by atoms with Crippen LogP contribution in [0.15, 0.2) is 12.4 Å². The van der Waals surface area contributed by atoms with Crippen LogP contribution in [-0.2, 0) is 13.0 Å². The van der Waals surface area contributed by atoms with E-state index in [0.717, 1.165) is 31.1 Å². The minimum atomic E-state index is -0.0793. The Labute approximate surface area is 117 Å². The molecule has 1 heterocycles. The summed E-state index contributed by atoms with van der Waals surface area (Å²) in [6.45, 7) is 10.1. The zero-order valence-electron chi connectivity index (χ0n) is 12.9. The highest BCUT2D eigenvalue weighted by molar-refractivity contribution is 5.06. The Kier molecular flexibility index (Phi) is 4.34. The van der Waals surface area contributed by atoms with E-state index in [1.54, 1.807) is 0 Å². The molecule has 2 N–H and O–H groups in total. The smallest absolute Gasteiger partial charge is 0.110 e. The number of nitrogens with zero attached hydrogens (tertiary/aromatic N) is 2. The minimum absolute atomic E-state index is 0.0793. The van der Waals surface area contributed by atoms with Gasteiger partial charge in [-0.15, -0.1) is 0 Å². The van der Waals surface area contributed by atoms with Crippen molar-refractivity contribution in [3.05, 3.63) is 18.2 Å². The van der Waals surface area contributed by atoms with Gasteiger partial charge in [0.1, 0.15) is 5.82 Å². The van der Waals surface area contributed by atoms with E-state index in [9.17, 15) is 0 Å². The van der Waals surface area contributed by atoms with Crippen molar-refractivity contribution < 1.29 is 0 Å². The van der Waals surface area contributed by atoms with E-state index in [1.807, 2.05) is 6.20 Å². The predicted molar refractivity (Wildman–Crippen MR) is 79.9 cm³/mol. The number of imidazole rings is 1. The van der Waals surface area contributed by atoms with Gasteiger partial charge in [-0.25, -0.2) is 4.98 Å². The van der Waals surface area contributed by atoms with Crippen molar-refractivity contribution in [1.82, 2.24) is 9.55 Å². The standard InChI is InChI=1S/C16H29N3/c1-5-19-9-8-18-15(19)11-16(17)10-13(4)6-7-14(16)12(2)3/h8-9,12-14H,5-7,10-11,17H2,1-4H3. The third kappa shape index (κ3) is 3.02. The molecule has 3 unspecified atom stereocenters. The summed E-state index contributed by atoms with van der Waals surface area (Å²) in [6, 6.07) is 0. The van der Waals surface area contributed by atoms with E-state index >= 15 is 0 Å². The Morgan fingerprint density at radius 1 is 1.47 bits per heavy atom. The number of aromatic nitrogens is 2. The van der Waals surface area contributed by atoms with Crippen LogP contribution < -0.4 is 5.73 Å². The second-order valence-electron chi connectivity index (χ2n) is 6.78. The molecule has 1 saturated carbocycles. The van der Waals surface area contributed by atoms with Crippen molar-refractivity contribution in [2.45, 2.75) is 65.5 Å². The van der Waals surface area contributed by atoms with Crippen molar-refractivity contribution in [2.75, 3.05) is 0 Å². The molecule has 3 atom stereocenters. The van der Waals surface area contributed by atoms with E-state index in [2.05, 4.69) is 43.4 Å². The van der Waals surface area contributed by atoms with Gasteiger partial charge in [0.25, 0.3) is 0 Å². The van der Waals surface area contributed by atoms with Gasteiger partial charge in [-0.3, -0.25) is 0 Å². The summed E-state index contributed by atoms with van der Waals surface area (Å²) in [5.41, 5.74) is 6.78. The van der Waals surface area contributed by atoms with Crippen molar-refractivity contribution in [3.8, 4) is 0 Å². The van der Waals surface area contributed by atoms with E-state index in [0.29, 0.717) is 11.8 Å². The Bertz CT molecular complexity index is 410. The van der Waals surface area contributed by atoms with Gasteiger partial charge >= 0.3 is 0 Å². The normalized spacial score (nSPS) is 31.9. The highest BCUT2D eigenvalue weighted by atomic mass is 15.1. The molecule has 1 aromatic heterocycles. The molecule has 3 heteroatoms. The van der Waals surface area contributed by atoms with Gasteiger partial charge < -0.3 is 10.3 Å². The van der Waals surface area contributed by atoms with Crippen LogP contribution in [-0.4, -0.2) is 15.1 Å². The number of aryl methyl sites for hydroxylation is 1. The topological polar surface area (TPSA) is 43.8 Å². The van der Waals surface area contributed by atoms with Crippen LogP contribution in [0.5, 0.6) is 0 Å². The van der Waals surface area contributed by atoms with E-state index in [-0.39, 0.29) is 5.54 Å². The van der Waals surface area contributed by atoms with Gasteiger partial charge in [0.15, 0.2) is 0 Å². The monoisotopic (exact) mass is 263 g/mol. The first-order valence-electron chi connectivity index (χ1n) is 7.75. The van der Waals surface area contributed by atoms with Crippen LogP contribution in [0, 0.1) is 17.8 Å². The molecule has 0 spiro atoms. The zero-order valence-corrected chi connectivity index (χ0v) is 12.9. The van der Waals surface area contributed by atoms with Gasteiger partial charge in [0.05, 0.1) is 0 Å². The molecule has 0 radical (unpaired) electrons. The molecule has 2 rings (SSSR count). The largest absolute Gasteiger partial charge is 0.335 e. The fourth-order valence-corrected chi connectivity index (χ4v) is 3.94. The summed E-state index contributed by atoms with van der Waals surface area (Å²) in [4.78, 5) is 4.53. The molecule has 108 valence electrons. The highest BCUT2D eigenvalue weighted by Gasteiger charge is 2.41. The predicted octanol–water partition coefficient (Wildman–Crippen LogP) is 3.24. The van der Waals surface area contributed by atoms with E-state index in [4.69, 9.17) is 5.73 Å². The fourth-order valence-electron chi connectivity index (χ4n) is 3.94. The van der Waals surface area contributed by atoms with Crippen LogP contribution in [0.3, 0.4) is 0 Å². The molecule has 0 saturated heterocycles. The first-order valence-corrected chi connectivity index (χ1v) is 7.75. The summed E-state index contributed by atoms with van der Waals surface area (Å²) in [7, 11) is 0. The van der Waals surface area contributed by atoms with E-state index < -0.39 is 0 Å². The van der Waals surface area contributed by atoms with E-state index in [1.165, 1.54) is 12.8 Å². The van der Waals surface area contributed by atoms with Crippen LogP contribution in [0.4, 0.5) is 0 Å². The lowest BCUT2D eigenvalue weighted by atomic mass is 9.64. The molecule has 1 aliphatic rings. The Morgan fingerprint density at radius 2 is 2.21 bits per heavy atom.